The Balaban J connectivity index is 0.000000260. The average Bonchev–Trinajstić information content (AvgIpc) is 3.75. The first-order valence-corrected chi connectivity index (χ1v) is 15.5. The molecule has 0 radical (unpaired) electrons. The molecule has 1 aliphatic carbocycles. The van der Waals surface area contributed by atoms with E-state index in [1.165, 1.54) is 26.4 Å². The quantitative estimate of drug-likeness (QED) is 0.174. The lowest BCUT2D eigenvalue weighted by molar-refractivity contribution is -0.151. The number of halogens is 2. The molecule has 1 aliphatic rings. The van der Waals surface area contributed by atoms with Crippen LogP contribution in [0.5, 0.6) is 11.5 Å². The van der Waals surface area contributed by atoms with Crippen LogP contribution in [0.25, 0.3) is 0 Å². The van der Waals surface area contributed by atoms with Gasteiger partial charge in [0.05, 0.1) is 25.7 Å². The highest BCUT2D eigenvalue weighted by Crippen LogP contribution is 2.41. The topological polar surface area (TPSA) is 114 Å². The molecule has 4 rings (SSSR count). The number of esters is 2. The SMILES string of the molecule is COC(=O)C(CCOS(=O)(=O)c1ccc(C)cc1)Oc1ccc(Br)cc1.COC(=O)C1(Oc2ccc(Br)cc2)CC1. The van der Waals surface area contributed by atoms with Gasteiger partial charge < -0.3 is 18.9 Å². The third-order valence-electron chi connectivity index (χ3n) is 5.87. The van der Waals surface area contributed by atoms with Gasteiger partial charge in [-0.15, -0.1) is 0 Å². The summed E-state index contributed by atoms with van der Waals surface area (Å²) >= 11 is 6.65. The summed E-state index contributed by atoms with van der Waals surface area (Å²) in [7, 11) is -1.27. The minimum Gasteiger partial charge on any atom is -0.479 e. The Bertz CT molecular complexity index is 1400. The van der Waals surface area contributed by atoms with Gasteiger partial charge in [-0.2, -0.15) is 8.42 Å². The standard InChI is InChI=1S/C18H19BrO6S.C11H11BrO3/c1-13-3-9-16(10-4-13)26(21,22)24-12-11-17(18(20)23-2)25-15-7-5-14(19)6-8-15;1-14-10(13)11(6-7-11)15-9-4-2-8(12)3-5-9/h3-10,17H,11-12H2,1-2H3;2-5H,6-7H2,1H3. The van der Waals surface area contributed by atoms with Crippen molar-refractivity contribution in [2.45, 2.75) is 42.8 Å². The van der Waals surface area contributed by atoms with E-state index in [4.69, 9.17) is 23.1 Å². The van der Waals surface area contributed by atoms with Crippen molar-refractivity contribution in [1.82, 2.24) is 0 Å². The minimum atomic E-state index is -3.90. The van der Waals surface area contributed by atoms with Crippen molar-refractivity contribution in [3.05, 3.63) is 87.3 Å². The maximum Gasteiger partial charge on any atom is 0.350 e. The van der Waals surface area contributed by atoms with Crippen LogP contribution < -0.4 is 9.47 Å². The van der Waals surface area contributed by atoms with Gasteiger partial charge in [0.15, 0.2) is 6.10 Å². The van der Waals surface area contributed by atoms with E-state index in [9.17, 15) is 18.0 Å². The van der Waals surface area contributed by atoms with Crippen molar-refractivity contribution in [3.8, 4) is 11.5 Å². The Kier molecular flexibility index (Phi) is 11.8. The molecule has 0 saturated heterocycles. The fourth-order valence-corrected chi connectivity index (χ4v) is 4.90. The lowest BCUT2D eigenvalue weighted by Gasteiger charge is -2.17. The molecular formula is C29H30Br2O9S. The molecule has 220 valence electrons. The number of carbonyl (C=O) groups is 2. The zero-order valence-corrected chi connectivity index (χ0v) is 26.7. The van der Waals surface area contributed by atoms with Crippen molar-refractivity contribution in [3.63, 3.8) is 0 Å². The summed E-state index contributed by atoms with van der Waals surface area (Å²) in [6, 6.07) is 20.6. The lowest BCUT2D eigenvalue weighted by atomic mass is 10.2. The fraction of sp³-hybridized carbons (Fsp3) is 0.310. The molecule has 0 aliphatic heterocycles. The number of aryl methyl sites for hydroxylation is 1. The molecular weight excluding hydrogens is 684 g/mol. The number of methoxy groups -OCH3 is 2. The summed E-state index contributed by atoms with van der Waals surface area (Å²) < 4.78 is 51.8. The first-order valence-electron chi connectivity index (χ1n) is 12.5. The van der Waals surface area contributed by atoms with Gasteiger partial charge in [0.2, 0.25) is 5.60 Å². The molecule has 1 fully saturated rings. The first kappa shape index (κ1) is 32.6. The number of ether oxygens (including phenoxy) is 4. The van der Waals surface area contributed by atoms with E-state index in [0.29, 0.717) is 11.5 Å². The van der Waals surface area contributed by atoms with Crippen LogP contribution in [-0.2, 0) is 33.4 Å². The highest BCUT2D eigenvalue weighted by atomic mass is 79.9. The van der Waals surface area contributed by atoms with Crippen LogP contribution in [0.4, 0.5) is 0 Å². The van der Waals surface area contributed by atoms with Crippen LogP contribution in [0, 0.1) is 6.92 Å². The number of rotatable bonds is 11. The molecule has 0 aromatic heterocycles. The normalized spacial score (nSPS) is 14.1. The van der Waals surface area contributed by atoms with Crippen LogP contribution in [0.2, 0.25) is 0 Å². The fourth-order valence-electron chi connectivity index (χ4n) is 3.45. The van der Waals surface area contributed by atoms with Gasteiger partial charge in [-0.3, -0.25) is 4.18 Å². The lowest BCUT2D eigenvalue weighted by Crippen LogP contribution is -2.30. The van der Waals surface area contributed by atoms with Gasteiger partial charge in [0.1, 0.15) is 11.5 Å². The monoisotopic (exact) mass is 712 g/mol. The summed E-state index contributed by atoms with van der Waals surface area (Å²) in [4.78, 5) is 23.4. The van der Waals surface area contributed by atoms with Crippen molar-refractivity contribution in [2.75, 3.05) is 20.8 Å². The predicted octanol–water partition coefficient (Wildman–Crippen LogP) is 6.01. The summed E-state index contributed by atoms with van der Waals surface area (Å²) in [5.41, 5.74) is 0.223. The second-order valence-corrected chi connectivity index (χ2v) is 12.4. The van der Waals surface area contributed by atoms with Crippen LogP contribution in [0.15, 0.2) is 86.6 Å². The van der Waals surface area contributed by atoms with E-state index in [0.717, 1.165) is 27.4 Å². The zero-order chi connectivity index (χ0) is 30.0. The second-order valence-electron chi connectivity index (χ2n) is 9.00. The largest absolute Gasteiger partial charge is 0.479 e. The number of hydrogen-bond donors (Lipinski definition) is 0. The van der Waals surface area contributed by atoms with Crippen molar-refractivity contribution in [2.24, 2.45) is 0 Å². The maximum absolute atomic E-state index is 12.2. The molecule has 0 amide bonds. The van der Waals surface area contributed by atoms with Crippen LogP contribution >= 0.6 is 31.9 Å². The molecule has 3 aromatic carbocycles. The molecule has 0 bridgehead atoms. The molecule has 41 heavy (non-hydrogen) atoms. The third kappa shape index (κ3) is 9.84. The molecule has 9 nitrogen and oxygen atoms in total. The molecule has 0 spiro atoms. The molecule has 0 heterocycles. The van der Waals surface area contributed by atoms with Gasteiger partial charge in [-0.25, -0.2) is 9.59 Å². The smallest absolute Gasteiger partial charge is 0.350 e. The van der Waals surface area contributed by atoms with E-state index >= 15 is 0 Å². The zero-order valence-electron chi connectivity index (χ0n) is 22.7. The van der Waals surface area contributed by atoms with E-state index in [1.54, 1.807) is 36.4 Å². The molecule has 12 heteroatoms. The van der Waals surface area contributed by atoms with Crippen molar-refractivity contribution < 1.29 is 41.1 Å². The molecule has 1 unspecified atom stereocenters. The predicted molar refractivity (Wildman–Crippen MR) is 158 cm³/mol. The summed E-state index contributed by atoms with van der Waals surface area (Å²) in [6.45, 7) is 1.64. The highest BCUT2D eigenvalue weighted by Gasteiger charge is 2.54. The number of carbonyl (C=O) groups excluding carboxylic acids is 2. The third-order valence-corrected chi connectivity index (χ3v) is 8.26. The number of hydrogen-bond acceptors (Lipinski definition) is 9. The maximum atomic E-state index is 12.2. The second kappa shape index (κ2) is 14.8. The number of benzene rings is 3. The van der Waals surface area contributed by atoms with Crippen LogP contribution in [0.1, 0.15) is 24.8 Å². The van der Waals surface area contributed by atoms with Crippen molar-refractivity contribution >= 4 is 53.9 Å². The Morgan fingerprint density at radius 2 is 1.37 bits per heavy atom. The first-order chi connectivity index (χ1) is 19.5. The average molecular weight is 714 g/mol. The van der Waals surface area contributed by atoms with Crippen LogP contribution in [-0.4, -0.2) is 52.9 Å². The van der Waals surface area contributed by atoms with Gasteiger partial charge in [0, 0.05) is 28.2 Å². The van der Waals surface area contributed by atoms with E-state index < -0.39 is 27.8 Å². The Morgan fingerprint density at radius 3 is 1.85 bits per heavy atom. The molecule has 3 aromatic rings. The van der Waals surface area contributed by atoms with Gasteiger partial charge >= 0.3 is 11.9 Å². The summed E-state index contributed by atoms with van der Waals surface area (Å²) in [5.74, 6) is 0.265. The molecule has 1 saturated carbocycles. The van der Waals surface area contributed by atoms with E-state index in [1.807, 2.05) is 31.2 Å². The highest BCUT2D eigenvalue weighted by molar-refractivity contribution is 9.10. The van der Waals surface area contributed by atoms with Crippen molar-refractivity contribution in [1.29, 1.82) is 0 Å². The van der Waals surface area contributed by atoms with E-state index in [2.05, 4.69) is 31.9 Å². The van der Waals surface area contributed by atoms with Gasteiger partial charge in [0.25, 0.3) is 10.1 Å². The molecule has 1 atom stereocenters. The van der Waals surface area contributed by atoms with Gasteiger partial charge in [-0.1, -0.05) is 49.6 Å². The Hall–Kier alpha value is -2.93. The minimum absolute atomic E-state index is 0.0217. The summed E-state index contributed by atoms with van der Waals surface area (Å²) in [6.07, 6.45) is 0.508. The Labute approximate surface area is 256 Å². The summed E-state index contributed by atoms with van der Waals surface area (Å²) in [5, 5.41) is 0. The Morgan fingerprint density at radius 1 is 0.829 bits per heavy atom. The van der Waals surface area contributed by atoms with Gasteiger partial charge in [-0.05, 0) is 67.6 Å². The van der Waals surface area contributed by atoms with Crippen LogP contribution in [0.3, 0.4) is 0 Å². The van der Waals surface area contributed by atoms with E-state index in [-0.39, 0.29) is 23.9 Å². The molecule has 0 N–H and O–H groups in total.